The van der Waals surface area contributed by atoms with Crippen molar-refractivity contribution in [2.75, 3.05) is 231 Å². The molecule has 0 saturated carbocycles. The number of rotatable bonds is 74. The highest BCUT2D eigenvalue weighted by molar-refractivity contribution is 4.73. The molecule has 26 heteroatoms. The molecule has 0 heterocycles. The molecule has 0 aliphatic rings. The lowest BCUT2D eigenvalue weighted by atomic mass is 10.3. The highest BCUT2D eigenvalue weighted by Crippen LogP contribution is 2.11. The molecule has 0 saturated heterocycles. The predicted molar refractivity (Wildman–Crippen MR) is 337 cm³/mol. The molecule has 0 spiro atoms. The summed E-state index contributed by atoms with van der Waals surface area (Å²) in [4.78, 5) is 0. The number of aliphatic hydroxyl groups excluding tert-OH is 4. The largest absolute Gasteiger partial charge is 0.394 e. The molecule has 26 nitrogen and oxygen atoms in total. The van der Waals surface area contributed by atoms with Crippen molar-refractivity contribution in [3.05, 3.63) is 63.3 Å². The van der Waals surface area contributed by atoms with Crippen LogP contribution in [0.25, 0.3) is 0 Å². The van der Waals surface area contributed by atoms with E-state index in [9.17, 15) is 20.4 Å². The highest BCUT2D eigenvalue weighted by atomic mass is 16.6. The van der Waals surface area contributed by atoms with E-state index in [0.717, 1.165) is 0 Å². The number of hydrogen-bond acceptors (Lipinski definition) is 26. The Hall–Kier alpha value is -2.34. The summed E-state index contributed by atoms with van der Waals surface area (Å²) < 4.78 is 130. The minimum absolute atomic E-state index is 0.00651. The van der Waals surface area contributed by atoms with E-state index < -0.39 is 67.6 Å². The SMILES string of the molecule is C=CCOCC(COC(COCC(O)COCC(COCC)OCC=C)COCC(COC(COCC(CO)OCC(O)COCC(O)COCC(COCC)OCC=C)COC(C)COCC(COCC)OCC=C)OCC(COCC=C)OCC)OCC. The fourth-order valence-corrected chi connectivity index (χ4v) is 7.52. The van der Waals surface area contributed by atoms with Crippen LogP contribution in [0.4, 0.5) is 0 Å². The van der Waals surface area contributed by atoms with Gasteiger partial charge in [0.2, 0.25) is 0 Å². The van der Waals surface area contributed by atoms with Gasteiger partial charge in [-0.3, -0.25) is 0 Å². The standard InChI is InChI=1S/C64H120O26/c1-12-22-72-39-61(81-20-9)49-88-60(44-78-32-54(67)31-77-43-59(38-71-19-8)85-26-16-5)45-80-47-64(89-50-62(82-21-10)40-73-23-13-2)51-90-63(48-86-52(11)28-74-41-57(36-69-17-6)83-24-14-3)46-79-35-56(27-65)87-34-55(68)33-75-29-53(66)30-76-42-58(37-70-18-7)84-25-15-4/h12-16,52-68H,1-5,17-51H2,6-11H3. The highest BCUT2D eigenvalue weighted by Gasteiger charge is 2.24. The van der Waals surface area contributed by atoms with Crippen molar-refractivity contribution in [3.63, 3.8) is 0 Å². The van der Waals surface area contributed by atoms with Gasteiger partial charge in [0.1, 0.15) is 73.2 Å². The molecule has 0 aromatic rings. The molecule has 0 amide bonds. The van der Waals surface area contributed by atoms with Crippen LogP contribution in [0.1, 0.15) is 41.5 Å². The quantitative estimate of drug-likeness (QED) is 0.0503. The van der Waals surface area contributed by atoms with Crippen LogP contribution in [0.15, 0.2) is 63.3 Å². The van der Waals surface area contributed by atoms with E-state index in [2.05, 4.69) is 32.9 Å². The van der Waals surface area contributed by atoms with Gasteiger partial charge < -0.3 is 125 Å². The van der Waals surface area contributed by atoms with Gasteiger partial charge in [0, 0.05) is 33.0 Å². The van der Waals surface area contributed by atoms with Gasteiger partial charge in [0.05, 0.1) is 204 Å². The van der Waals surface area contributed by atoms with Crippen LogP contribution >= 0.6 is 0 Å². The van der Waals surface area contributed by atoms with Crippen LogP contribution in [0, 0.1) is 0 Å². The first-order valence-corrected chi connectivity index (χ1v) is 31.7. The fourth-order valence-electron chi connectivity index (χ4n) is 7.52. The monoisotopic (exact) mass is 1300 g/mol. The van der Waals surface area contributed by atoms with Gasteiger partial charge in [-0.15, -0.1) is 32.9 Å². The Labute approximate surface area is 538 Å². The van der Waals surface area contributed by atoms with Gasteiger partial charge in [0.25, 0.3) is 0 Å². The van der Waals surface area contributed by atoms with Crippen LogP contribution < -0.4 is 0 Å². The van der Waals surface area contributed by atoms with Gasteiger partial charge in [-0.1, -0.05) is 30.4 Å². The molecule has 0 bridgehead atoms. The van der Waals surface area contributed by atoms with Crippen molar-refractivity contribution in [3.8, 4) is 0 Å². The van der Waals surface area contributed by atoms with Gasteiger partial charge in [0.15, 0.2) is 0 Å². The molecule has 0 fully saturated rings. The Balaban J connectivity index is 6.29. The summed E-state index contributed by atoms with van der Waals surface area (Å²) in [7, 11) is 0. The molecule has 0 aromatic heterocycles. The molecule has 0 rings (SSSR count). The average Bonchev–Trinajstić information content (AvgIpc) is 3.70. The van der Waals surface area contributed by atoms with Crippen LogP contribution in [-0.2, 0) is 104 Å². The van der Waals surface area contributed by atoms with Gasteiger partial charge >= 0.3 is 0 Å². The summed E-state index contributed by atoms with van der Waals surface area (Å²) in [6.45, 7) is 35.8. The zero-order valence-electron chi connectivity index (χ0n) is 55.4. The van der Waals surface area contributed by atoms with Crippen LogP contribution in [0.3, 0.4) is 0 Å². The second kappa shape index (κ2) is 65.3. The van der Waals surface area contributed by atoms with E-state index in [4.69, 9.17) is 104 Å². The lowest BCUT2D eigenvalue weighted by Crippen LogP contribution is -2.38. The maximum absolute atomic E-state index is 10.8. The summed E-state index contributed by atoms with van der Waals surface area (Å²) in [5.41, 5.74) is 0. The minimum atomic E-state index is -1.08. The second-order valence-corrected chi connectivity index (χ2v) is 20.4. The smallest absolute Gasteiger partial charge is 0.104 e. The molecule has 90 heavy (non-hydrogen) atoms. The first-order chi connectivity index (χ1) is 43.9. The summed E-state index contributed by atoms with van der Waals surface area (Å²) in [5, 5.41) is 42.2. The molecular formula is C64H120O26. The molecule has 0 aliphatic carbocycles. The van der Waals surface area contributed by atoms with E-state index in [1.54, 1.807) is 30.4 Å². The van der Waals surface area contributed by atoms with Crippen molar-refractivity contribution in [2.24, 2.45) is 0 Å². The molecule has 4 N–H and O–H groups in total. The average molecular weight is 1310 g/mol. The number of hydrogen-bond donors (Lipinski definition) is 4. The topological polar surface area (TPSA) is 284 Å². The first kappa shape index (κ1) is 87.7. The van der Waals surface area contributed by atoms with E-state index in [1.165, 1.54) is 0 Å². The lowest BCUT2D eigenvalue weighted by molar-refractivity contribution is -0.151. The van der Waals surface area contributed by atoms with Gasteiger partial charge in [-0.25, -0.2) is 0 Å². The summed E-state index contributed by atoms with van der Waals surface area (Å²) in [5.74, 6) is 0. The van der Waals surface area contributed by atoms with Crippen molar-refractivity contribution < 1.29 is 125 Å². The third-order valence-electron chi connectivity index (χ3n) is 11.9. The minimum Gasteiger partial charge on any atom is -0.394 e. The van der Waals surface area contributed by atoms with Gasteiger partial charge in [-0.2, -0.15) is 0 Å². The van der Waals surface area contributed by atoms with Crippen LogP contribution in [0.2, 0.25) is 0 Å². The summed E-state index contributed by atoms with van der Waals surface area (Å²) in [6.07, 6.45) is 0.199. The maximum atomic E-state index is 10.8. The van der Waals surface area contributed by atoms with Crippen molar-refractivity contribution >= 4 is 0 Å². The Morgan fingerprint density at radius 3 is 0.822 bits per heavy atom. The van der Waals surface area contributed by atoms with Crippen molar-refractivity contribution in [1.29, 1.82) is 0 Å². The zero-order chi connectivity index (χ0) is 66.3. The van der Waals surface area contributed by atoms with E-state index in [1.807, 2.05) is 41.5 Å². The third kappa shape index (κ3) is 54.0. The zero-order valence-corrected chi connectivity index (χ0v) is 55.4. The Kier molecular flexibility index (Phi) is 63.6. The van der Waals surface area contributed by atoms with E-state index >= 15 is 0 Å². The first-order valence-electron chi connectivity index (χ1n) is 31.7. The Morgan fingerprint density at radius 2 is 0.489 bits per heavy atom. The molecule has 0 aliphatic heterocycles. The van der Waals surface area contributed by atoms with E-state index in [0.29, 0.717) is 85.9 Å². The predicted octanol–water partition coefficient (Wildman–Crippen LogP) is 3.16. The fraction of sp³-hybridized carbons (Fsp3) is 0.844. The number of ether oxygens (including phenoxy) is 22. The van der Waals surface area contributed by atoms with Crippen LogP contribution in [-0.4, -0.2) is 331 Å². The Morgan fingerprint density at radius 1 is 0.244 bits per heavy atom. The van der Waals surface area contributed by atoms with Crippen molar-refractivity contribution in [1.82, 2.24) is 0 Å². The summed E-state index contributed by atoms with van der Waals surface area (Å²) >= 11 is 0. The summed E-state index contributed by atoms with van der Waals surface area (Å²) in [6, 6.07) is 0. The van der Waals surface area contributed by atoms with E-state index in [-0.39, 0.29) is 157 Å². The Bertz CT molecular complexity index is 1580. The molecular weight excluding hydrogens is 1180 g/mol. The van der Waals surface area contributed by atoms with Crippen LogP contribution in [0.5, 0.6) is 0 Å². The molecule has 532 valence electrons. The molecule has 0 radical (unpaired) electrons. The van der Waals surface area contributed by atoms with Gasteiger partial charge in [-0.05, 0) is 41.5 Å². The molecule has 13 unspecified atom stereocenters. The third-order valence-corrected chi connectivity index (χ3v) is 11.9. The number of aliphatic hydroxyl groups is 4. The maximum Gasteiger partial charge on any atom is 0.104 e. The normalized spacial score (nSPS) is 16.3. The van der Waals surface area contributed by atoms with Crippen molar-refractivity contribution in [2.45, 2.75) is 121 Å². The second-order valence-electron chi connectivity index (χ2n) is 20.4. The molecule has 0 aromatic carbocycles. The lowest BCUT2D eigenvalue weighted by Gasteiger charge is -2.27. The molecule has 13 atom stereocenters.